The maximum absolute atomic E-state index is 13.9. The van der Waals surface area contributed by atoms with Crippen molar-refractivity contribution in [1.82, 2.24) is 4.98 Å². The third-order valence-corrected chi connectivity index (χ3v) is 9.33. The van der Waals surface area contributed by atoms with Gasteiger partial charge in [-0.15, -0.1) is 0 Å². The van der Waals surface area contributed by atoms with Crippen LogP contribution in [-0.2, 0) is 20.6 Å². The molecule has 0 bridgehead atoms. The molecule has 6 rings (SSSR count). The van der Waals surface area contributed by atoms with Crippen LogP contribution in [-0.4, -0.2) is 34.6 Å². The van der Waals surface area contributed by atoms with Gasteiger partial charge in [0.05, 0.1) is 22.2 Å². The van der Waals surface area contributed by atoms with Crippen LogP contribution in [0.4, 0.5) is 24.5 Å². The Morgan fingerprint density at radius 3 is 2.45 bits per heavy atom. The van der Waals surface area contributed by atoms with Gasteiger partial charge in [0.25, 0.3) is 5.91 Å². The van der Waals surface area contributed by atoms with Gasteiger partial charge in [-0.3, -0.25) is 19.2 Å². The molecule has 42 heavy (non-hydrogen) atoms. The van der Waals surface area contributed by atoms with Gasteiger partial charge >= 0.3 is 11.0 Å². The molecular formula is C29H20F3N3O5S2. The standard InChI is InChI=1S/C29H20F3N3O5S2/c30-29(31,32)15-7-6-8-16(13-15)33-20(36)14-40-19-12-5-4-11-18(19)21-22-24(41-25-23(21)42-28(39)34-25)27(38)35(26(22)37)17-9-2-1-3-10-17/h1-13,21-22,24H,14H2,(H,33,36)(H,34,39)/t21-,22-,24+/m0/s1. The summed E-state index contributed by atoms with van der Waals surface area (Å²) in [7, 11) is 0. The Bertz CT molecular complexity index is 1750. The van der Waals surface area contributed by atoms with Crippen molar-refractivity contribution < 1.29 is 32.3 Å². The number of benzene rings is 3. The predicted octanol–water partition coefficient (Wildman–Crippen LogP) is 5.27. The fourth-order valence-corrected chi connectivity index (χ4v) is 7.67. The first kappa shape index (κ1) is 27.8. The zero-order chi connectivity index (χ0) is 29.6. The zero-order valence-corrected chi connectivity index (χ0v) is 23.0. The van der Waals surface area contributed by atoms with Crippen molar-refractivity contribution in [2.45, 2.75) is 22.4 Å². The van der Waals surface area contributed by atoms with Gasteiger partial charge in [0, 0.05) is 22.0 Å². The summed E-state index contributed by atoms with van der Waals surface area (Å²) < 4.78 is 45.0. The highest BCUT2D eigenvalue weighted by atomic mass is 32.2. The highest BCUT2D eigenvalue weighted by Gasteiger charge is 2.56. The number of hydrogen-bond acceptors (Lipinski definition) is 7. The minimum Gasteiger partial charge on any atom is -0.483 e. The number of carbonyl (C=O) groups excluding carboxylic acids is 3. The van der Waals surface area contributed by atoms with E-state index in [1.54, 1.807) is 54.6 Å². The third-order valence-electron chi connectivity index (χ3n) is 6.92. The number of hydrogen-bond donors (Lipinski definition) is 2. The Balaban J connectivity index is 1.30. The van der Waals surface area contributed by atoms with Crippen LogP contribution >= 0.6 is 23.1 Å². The first-order valence-electron chi connectivity index (χ1n) is 12.6. The van der Waals surface area contributed by atoms with E-state index in [4.69, 9.17) is 4.74 Å². The lowest BCUT2D eigenvalue weighted by Gasteiger charge is -2.30. The molecule has 1 fully saturated rings. The van der Waals surface area contributed by atoms with Gasteiger partial charge in [0.1, 0.15) is 11.0 Å². The fourth-order valence-electron chi connectivity index (χ4n) is 5.17. The molecule has 1 saturated heterocycles. The van der Waals surface area contributed by atoms with Gasteiger partial charge in [-0.2, -0.15) is 13.2 Å². The lowest BCUT2D eigenvalue weighted by Crippen LogP contribution is -2.32. The number of H-pyrrole nitrogens is 1. The molecule has 8 nitrogen and oxygen atoms in total. The summed E-state index contributed by atoms with van der Waals surface area (Å²) >= 11 is 2.08. The predicted molar refractivity (Wildman–Crippen MR) is 151 cm³/mol. The molecule has 3 aromatic carbocycles. The second-order valence-corrected chi connectivity index (χ2v) is 11.7. The Morgan fingerprint density at radius 2 is 1.69 bits per heavy atom. The van der Waals surface area contributed by atoms with Crippen molar-refractivity contribution in [1.29, 1.82) is 0 Å². The van der Waals surface area contributed by atoms with Crippen LogP contribution < -0.4 is 19.8 Å². The number of alkyl halides is 3. The van der Waals surface area contributed by atoms with Crippen molar-refractivity contribution in [3.8, 4) is 5.75 Å². The average molecular weight is 612 g/mol. The monoisotopic (exact) mass is 611 g/mol. The number of para-hydroxylation sites is 2. The number of aromatic nitrogens is 1. The minimum atomic E-state index is -4.57. The summed E-state index contributed by atoms with van der Waals surface area (Å²) in [4.78, 5) is 56.6. The van der Waals surface area contributed by atoms with Crippen molar-refractivity contribution in [2.75, 3.05) is 16.8 Å². The molecule has 3 amide bonds. The maximum atomic E-state index is 13.9. The van der Waals surface area contributed by atoms with E-state index >= 15 is 0 Å². The number of fused-ring (bicyclic) bond motifs is 2. The number of ether oxygens (including phenoxy) is 1. The number of halogens is 3. The lowest BCUT2D eigenvalue weighted by atomic mass is 9.82. The van der Waals surface area contributed by atoms with Crippen LogP contribution in [0.5, 0.6) is 5.75 Å². The van der Waals surface area contributed by atoms with Gasteiger partial charge in [0.2, 0.25) is 11.8 Å². The first-order chi connectivity index (χ1) is 20.1. The number of thioether (sulfide) groups is 1. The summed E-state index contributed by atoms with van der Waals surface area (Å²) in [6.07, 6.45) is -4.57. The topological polar surface area (TPSA) is 109 Å². The van der Waals surface area contributed by atoms with Crippen molar-refractivity contribution >= 4 is 52.2 Å². The Morgan fingerprint density at radius 1 is 0.952 bits per heavy atom. The molecule has 0 radical (unpaired) electrons. The summed E-state index contributed by atoms with van der Waals surface area (Å²) in [5, 5.41) is 2.08. The number of nitrogens with one attached hydrogen (secondary N) is 2. The molecule has 1 aromatic heterocycles. The third kappa shape index (κ3) is 5.09. The molecule has 0 spiro atoms. The van der Waals surface area contributed by atoms with E-state index < -0.39 is 53.2 Å². The molecular weight excluding hydrogens is 591 g/mol. The van der Waals surface area contributed by atoms with E-state index in [0.717, 1.165) is 40.1 Å². The number of nitrogens with zero attached hydrogens (tertiary/aromatic N) is 1. The molecule has 3 heterocycles. The summed E-state index contributed by atoms with van der Waals surface area (Å²) in [5.41, 5.74) is -0.0179. The number of imide groups is 1. The lowest BCUT2D eigenvalue weighted by molar-refractivity contribution is -0.137. The van der Waals surface area contributed by atoms with Crippen molar-refractivity contribution in [3.63, 3.8) is 0 Å². The number of thiazole rings is 1. The summed E-state index contributed by atoms with van der Waals surface area (Å²) in [6, 6.07) is 19.5. The SMILES string of the molecule is O=C(COc1ccccc1[C@@H]1c2sc(=O)[nH]c2S[C@H]2C(=O)N(c3ccccc3)C(=O)[C@@H]12)Nc1cccc(C(F)(F)F)c1. The van der Waals surface area contributed by atoms with E-state index in [1.165, 1.54) is 12.1 Å². The van der Waals surface area contributed by atoms with E-state index in [-0.39, 0.29) is 16.3 Å². The minimum absolute atomic E-state index is 0.0448. The number of anilines is 2. The largest absolute Gasteiger partial charge is 0.483 e. The van der Waals surface area contributed by atoms with Gasteiger partial charge in [0.15, 0.2) is 6.61 Å². The van der Waals surface area contributed by atoms with Gasteiger partial charge < -0.3 is 15.0 Å². The molecule has 214 valence electrons. The van der Waals surface area contributed by atoms with E-state index in [2.05, 4.69) is 10.3 Å². The normalized spacial score (nSPS) is 19.8. The van der Waals surface area contributed by atoms with E-state index in [9.17, 15) is 32.3 Å². The molecule has 0 saturated carbocycles. The molecule has 0 unspecified atom stereocenters. The van der Waals surface area contributed by atoms with E-state index in [1.807, 2.05) is 0 Å². The van der Waals surface area contributed by atoms with Gasteiger partial charge in [-0.25, -0.2) is 4.90 Å². The smallest absolute Gasteiger partial charge is 0.416 e. The second-order valence-electron chi connectivity index (χ2n) is 9.55. The van der Waals surface area contributed by atoms with Crippen molar-refractivity contribution in [2.24, 2.45) is 5.92 Å². The Kier molecular flexibility index (Phi) is 7.15. The number of aromatic amines is 1. The Hall–Kier alpha value is -4.36. The van der Waals surface area contributed by atoms with Crippen LogP contribution in [0.1, 0.15) is 21.9 Å². The maximum Gasteiger partial charge on any atom is 0.416 e. The number of carbonyl (C=O) groups is 3. The van der Waals surface area contributed by atoms with Gasteiger partial charge in [-0.05, 0) is 36.4 Å². The summed E-state index contributed by atoms with van der Waals surface area (Å²) in [5.74, 6) is -2.87. The molecule has 2 aliphatic rings. The van der Waals surface area contributed by atoms with Crippen LogP contribution in [0.25, 0.3) is 0 Å². The van der Waals surface area contributed by atoms with Gasteiger partial charge in [-0.1, -0.05) is 65.6 Å². The second kappa shape index (κ2) is 10.8. The molecule has 2 aliphatic heterocycles. The van der Waals surface area contributed by atoms with Crippen LogP contribution in [0.2, 0.25) is 0 Å². The molecule has 2 N–H and O–H groups in total. The first-order valence-corrected chi connectivity index (χ1v) is 14.3. The molecule has 13 heteroatoms. The average Bonchev–Trinajstić information content (AvgIpc) is 3.46. The number of amides is 3. The van der Waals surface area contributed by atoms with Crippen LogP contribution in [0.3, 0.4) is 0 Å². The quantitative estimate of drug-likeness (QED) is 0.288. The molecule has 3 atom stereocenters. The van der Waals surface area contributed by atoms with E-state index in [0.29, 0.717) is 21.2 Å². The molecule has 0 aliphatic carbocycles. The van der Waals surface area contributed by atoms with Crippen molar-refractivity contribution in [3.05, 3.63) is 105 Å². The van der Waals surface area contributed by atoms with Crippen LogP contribution in [0, 0.1) is 5.92 Å². The highest BCUT2D eigenvalue weighted by Crippen LogP contribution is 2.54. The summed E-state index contributed by atoms with van der Waals surface area (Å²) in [6.45, 7) is -0.540. The molecule has 4 aromatic rings. The highest BCUT2D eigenvalue weighted by molar-refractivity contribution is 8.00. The van der Waals surface area contributed by atoms with Crippen LogP contribution in [0.15, 0.2) is 88.7 Å². The fraction of sp³-hybridized carbons (Fsp3) is 0.172. The Labute approximate surface area is 244 Å². The zero-order valence-electron chi connectivity index (χ0n) is 21.4. The number of rotatable bonds is 6.